The number of anilines is 1. The van der Waals surface area contributed by atoms with Crippen molar-refractivity contribution in [3.05, 3.63) is 23.9 Å². The van der Waals surface area contributed by atoms with Crippen molar-refractivity contribution in [1.82, 2.24) is 15.2 Å². The largest absolute Gasteiger partial charge is 0.357 e. The standard InChI is InChI=1S/C21H30N4O2/c1-15(26)16-4-7-20(22-13-16)24-11-8-19(9-12-24)25-10-2-3-17(14-25)21(27)23-18-5-6-18/h4,7,13,17-19H,2-3,5-6,8-12,14H2,1H3,(H,23,27). The molecule has 146 valence electrons. The molecule has 2 aliphatic heterocycles. The highest BCUT2D eigenvalue weighted by molar-refractivity contribution is 5.93. The van der Waals surface area contributed by atoms with Gasteiger partial charge in [-0.1, -0.05) is 0 Å². The van der Waals surface area contributed by atoms with E-state index in [9.17, 15) is 9.59 Å². The van der Waals surface area contributed by atoms with Crippen LogP contribution in [-0.4, -0.2) is 59.8 Å². The summed E-state index contributed by atoms with van der Waals surface area (Å²) in [5, 5.41) is 3.18. The molecule has 1 aliphatic carbocycles. The molecule has 1 atom stereocenters. The quantitative estimate of drug-likeness (QED) is 0.806. The third kappa shape index (κ3) is 4.49. The van der Waals surface area contributed by atoms with Gasteiger partial charge >= 0.3 is 0 Å². The molecule has 1 aromatic rings. The van der Waals surface area contributed by atoms with Crippen molar-refractivity contribution >= 4 is 17.5 Å². The van der Waals surface area contributed by atoms with Crippen molar-refractivity contribution in [3.8, 4) is 0 Å². The lowest BCUT2D eigenvalue weighted by Gasteiger charge is -2.42. The molecule has 3 aliphatic rings. The van der Waals surface area contributed by atoms with Gasteiger partial charge < -0.3 is 10.2 Å². The predicted octanol–water partition coefficient (Wildman–Crippen LogP) is 2.24. The third-order valence-electron chi connectivity index (χ3n) is 6.21. The van der Waals surface area contributed by atoms with E-state index < -0.39 is 0 Å². The van der Waals surface area contributed by atoms with Crippen LogP contribution >= 0.6 is 0 Å². The van der Waals surface area contributed by atoms with Crippen molar-refractivity contribution in [1.29, 1.82) is 0 Å². The van der Waals surface area contributed by atoms with E-state index in [1.54, 1.807) is 13.1 Å². The van der Waals surface area contributed by atoms with Crippen LogP contribution in [0.4, 0.5) is 5.82 Å². The molecular formula is C21H30N4O2. The van der Waals surface area contributed by atoms with Gasteiger partial charge in [-0.2, -0.15) is 0 Å². The molecule has 1 amide bonds. The maximum absolute atomic E-state index is 12.4. The summed E-state index contributed by atoms with van der Waals surface area (Å²) in [5.74, 6) is 1.45. The Hall–Kier alpha value is -1.95. The number of ketones is 1. The second-order valence-electron chi connectivity index (χ2n) is 8.30. The van der Waals surface area contributed by atoms with E-state index in [4.69, 9.17) is 0 Å². The van der Waals surface area contributed by atoms with Crippen LogP contribution in [0.15, 0.2) is 18.3 Å². The SMILES string of the molecule is CC(=O)c1ccc(N2CCC(N3CCCC(C(=O)NC4CC4)C3)CC2)nc1. The van der Waals surface area contributed by atoms with Gasteiger partial charge in [0.1, 0.15) is 5.82 Å². The molecule has 1 N–H and O–H groups in total. The van der Waals surface area contributed by atoms with E-state index in [2.05, 4.69) is 20.1 Å². The number of Topliss-reactive ketones (excluding diaryl/α,β-unsaturated/α-hetero) is 1. The summed E-state index contributed by atoms with van der Waals surface area (Å²) >= 11 is 0. The topological polar surface area (TPSA) is 65.5 Å². The van der Waals surface area contributed by atoms with Gasteiger partial charge in [0, 0.05) is 43.5 Å². The first-order valence-corrected chi connectivity index (χ1v) is 10.4. The third-order valence-corrected chi connectivity index (χ3v) is 6.21. The van der Waals surface area contributed by atoms with Gasteiger partial charge in [-0.25, -0.2) is 4.98 Å². The van der Waals surface area contributed by atoms with Crippen molar-refractivity contribution in [2.24, 2.45) is 5.92 Å². The Morgan fingerprint density at radius 2 is 1.85 bits per heavy atom. The number of nitrogens with one attached hydrogen (secondary N) is 1. The van der Waals surface area contributed by atoms with E-state index in [-0.39, 0.29) is 17.6 Å². The van der Waals surface area contributed by atoms with Gasteiger partial charge in [0.2, 0.25) is 5.91 Å². The highest BCUT2D eigenvalue weighted by atomic mass is 16.2. The Balaban J connectivity index is 1.29. The average Bonchev–Trinajstić information content (AvgIpc) is 3.52. The zero-order valence-electron chi connectivity index (χ0n) is 16.2. The molecule has 3 fully saturated rings. The van der Waals surface area contributed by atoms with Gasteiger partial charge in [0.25, 0.3) is 0 Å². The maximum atomic E-state index is 12.4. The van der Waals surface area contributed by atoms with Crippen LogP contribution in [0.3, 0.4) is 0 Å². The van der Waals surface area contributed by atoms with Crippen molar-refractivity contribution in [3.63, 3.8) is 0 Å². The number of aromatic nitrogens is 1. The summed E-state index contributed by atoms with van der Waals surface area (Å²) < 4.78 is 0. The monoisotopic (exact) mass is 370 g/mol. The van der Waals surface area contributed by atoms with Gasteiger partial charge in [-0.3, -0.25) is 14.5 Å². The molecule has 0 radical (unpaired) electrons. The van der Waals surface area contributed by atoms with Gasteiger partial charge in [-0.05, 0) is 64.1 Å². The highest BCUT2D eigenvalue weighted by Crippen LogP contribution is 2.27. The van der Waals surface area contributed by atoms with E-state index in [1.807, 2.05) is 12.1 Å². The number of piperidine rings is 2. The van der Waals surface area contributed by atoms with E-state index in [1.165, 1.54) is 0 Å². The molecule has 3 heterocycles. The molecule has 6 heteroatoms. The molecule has 0 spiro atoms. The fourth-order valence-corrected chi connectivity index (χ4v) is 4.34. The number of rotatable bonds is 5. The highest BCUT2D eigenvalue weighted by Gasteiger charge is 2.33. The summed E-state index contributed by atoms with van der Waals surface area (Å²) in [5.41, 5.74) is 0.664. The molecule has 4 rings (SSSR count). The van der Waals surface area contributed by atoms with Crippen molar-refractivity contribution in [2.75, 3.05) is 31.1 Å². The molecule has 6 nitrogen and oxygen atoms in total. The molecule has 0 bridgehead atoms. The normalized spacial score (nSPS) is 24.6. The van der Waals surface area contributed by atoms with Crippen LogP contribution in [0.5, 0.6) is 0 Å². The summed E-state index contributed by atoms with van der Waals surface area (Å²) in [7, 11) is 0. The Morgan fingerprint density at radius 1 is 1.07 bits per heavy atom. The second-order valence-corrected chi connectivity index (χ2v) is 8.30. The zero-order valence-corrected chi connectivity index (χ0v) is 16.2. The summed E-state index contributed by atoms with van der Waals surface area (Å²) in [6, 6.07) is 4.84. The van der Waals surface area contributed by atoms with Crippen LogP contribution in [0, 0.1) is 5.92 Å². The maximum Gasteiger partial charge on any atom is 0.224 e. The van der Waals surface area contributed by atoms with Crippen LogP contribution in [0.2, 0.25) is 0 Å². The fourth-order valence-electron chi connectivity index (χ4n) is 4.34. The smallest absolute Gasteiger partial charge is 0.224 e. The molecule has 1 saturated carbocycles. The number of carbonyl (C=O) groups is 2. The van der Waals surface area contributed by atoms with Crippen LogP contribution < -0.4 is 10.2 Å². The molecule has 1 aromatic heterocycles. The van der Waals surface area contributed by atoms with Crippen LogP contribution in [0.25, 0.3) is 0 Å². The summed E-state index contributed by atoms with van der Waals surface area (Å²) in [6.07, 6.45) is 8.35. The Labute approximate surface area is 161 Å². The van der Waals surface area contributed by atoms with Crippen molar-refractivity contribution in [2.45, 2.75) is 57.5 Å². The fraction of sp³-hybridized carbons (Fsp3) is 0.667. The van der Waals surface area contributed by atoms with Gasteiger partial charge in [0.15, 0.2) is 5.78 Å². The van der Waals surface area contributed by atoms with Crippen LogP contribution in [0.1, 0.15) is 55.8 Å². The number of hydrogen-bond acceptors (Lipinski definition) is 5. The molecular weight excluding hydrogens is 340 g/mol. The van der Waals surface area contributed by atoms with Gasteiger partial charge in [0.05, 0.1) is 5.92 Å². The average molecular weight is 370 g/mol. The molecule has 27 heavy (non-hydrogen) atoms. The molecule has 0 aromatic carbocycles. The van der Waals surface area contributed by atoms with Crippen LogP contribution in [-0.2, 0) is 4.79 Å². The number of hydrogen-bond donors (Lipinski definition) is 1. The zero-order chi connectivity index (χ0) is 18.8. The lowest BCUT2D eigenvalue weighted by molar-refractivity contribution is -0.127. The summed E-state index contributed by atoms with van der Waals surface area (Å²) in [4.78, 5) is 33.1. The Morgan fingerprint density at radius 3 is 2.48 bits per heavy atom. The predicted molar refractivity (Wildman–Crippen MR) is 105 cm³/mol. The number of carbonyl (C=O) groups excluding carboxylic acids is 2. The van der Waals surface area contributed by atoms with E-state index in [0.717, 1.165) is 70.5 Å². The minimum atomic E-state index is 0.0538. The first kappa shape index (κ1) is 18.4. The Kier molecular flexibility index (Phi) is 5.43. The lowest BCUT2D eigenvalue weighted by Crippen LogP contribution is -2.51. The van der Waals surface area contributed by atoms with Crippen molar-refractivity contribution < 1.29 is 9.59 Å². The number of amides is 1. The number of likely N-dealkylation sites (tertiary alicyclic amines) is 1. The van der Waals surface area contributed by atoms with Gasteiger partial charge in [-0.15, -0.1) is 0 Å². The number of nitrogens with zero attached hydrogens (tertiary/aromatic N) is 3. The second kappa shape index (κ2) is 7.97. The first-order chi connectivity index (χ1) is 13.1. The van der Waals surface area contributed by atoms with E-state index in [0.29, 0.717) is 17.6 Å². The summed E-state index contributed by atoms with van der Waals surface area (Å²) in [6.45, 7) is 5.55. The molecule has 1 unspecified atom stereocenters. The van der Waals surface area contributed by atoms with E-state index >= 15 is 0 Å². The number of pyridine rings is 1. The molecule has 2 saturated heterocycles. The Bertz CT molecular complexity index is 678. The minimum Gasteiger partial charge on any atom is -0.357 e. The first-order valence-electron chi connectivity index (χ1n) is 10.4. The minimum absolute atomic E-state index is 0.0538. The lowest BCUT2D eigenvalue weighted by atomic mass is 9.93.